The van der Waals surface area contributed by atoms with Gasteiger partial charge in [0.2, 0.25) is 11.8 Å². The number of aromatic nitrogens is 2. The Morgan fingerprint density at radius 1 is 1.59 bits per heavy atom. The van der Waals surface area contributed by atoms with Gasteiger partial charge in [0, 0.05) is 30.7 Å². The molecule has 2 unspecified atom stereocenters. The molecule has 8 heteroatoms. The first kappa shape index (κ1) is 15.1. The van der Waals surface area contributed by atoms with Gasteiger partial charge in [-0.3, -0.25) is 15.0 Å². The number of anilines is 1. The fourth-order valence-corrected chi connectivity index (χ4v) is 3.06. The molecule has 7 nitrogen and oxygen atoms in total. The smallest absolute Gasteiger partial charge is 0.243 e. The van der Waals surface area contributed by atoms with E-state index in [-0.39, 0.29) is 18.1 Å². The minimum Gasteiger partial charge on any atom is -0.368 e. The summed E-state index contributed by atoms with van der Waals surface area (Å²) >= 11 is 1.57. The van der Waals surface area contributed by atoms with E-state index >= 15 is 0 Å². The number of carbonyl (C=O) groups is 1. The predicted octanol–water partition coefficient (Wildman–Crippen LogP) is 1.84. The van der Waals surface area contributed by atoms with Crippen LogP contribution in [0.4, 0.5) is 5.88 Å². The molecular weight excluding hydrogens is 304 g/mol. The summed E-state index contributed by atoms with van der Waals surface area (Å²) in [5.41, 5.74) is 0.734. The lowest BCUT2D eigenvalue weighted by Gasteiger charge is -2.35. The third-order valence-electron chi connectivity index (χ3n) is 3.63. The average Bonchev–Trinajstić information content (AvgIpc) is 3.18. The quantitative estimate of drug-likeness (QED) is 0.925. The fourth-order valence-electron chi connectivity index (χ4n) is 2.38. The number of aryl methyl sites for hydroxylation is 1. The highest BCUT2D eigenvalue weighted by Crippen LogP contribution is 2.25. The summed E-state index contributed by atoms with van der Waals surface area (Å²) in [6, 6.07) is 1.42. The Balaban J connectivity index is 1.61. The predicted molar refractivity (Wildman–Crippen MR) is 81.7 cm³/mol. The van der Waals surface area contributed by atoms with Crippen molar-refractivity contribution in [3.63, 3.8) is 0 Å². The highest BCUT2D eigenvalue weighted by atomic mass is 32.1. The van der Waals surface area contributed by atoms with E-state index < -0.39 is 0 Å². The summed E-state index contributed by atoms with van der Waals surface area (Å²) < 4.78 is 10.8. The summed E-state index contributed by atoms with van der Waals surface area (Å²) in [5.74, 6) is 0.259. The van der Waals surface area contributed by atoms with Gasteiger partial charge < -0.3 is 9.26 Å². The number of hydrogen-bond donors (Lipinski definition) is 1. The normalized spacial score (nSPS) is 20.7. The Morgan fingerprint density at radius 3 is 3.14 bits per heavy atom. The Morgan fingerprint density at radius 2 is 2.45 bits per heavy atom. The van der Waals surface area contributed by atoms with Crippen molar-refractivity contribution in [2.75, 3.05) is 25.0 Å². The topological polar surface area (TPSA) is 80.5 Å². The van der Waals surface area contributed by atoms with Crippen LogP contribution in [0.15, 0.2) is 22.2 Å². The van der Waals surface area contributed by atoms with Crippen LogP contribution in [0.3, 0.4) is 0 Å². The van der Waals surface area contributed by atoms with E-state index in [9.17, 15) is 4.79 Å². The summed E-state index contributed by atoms with van der Waals surface area (Å²) in [6.45, 7) is 5.64. The number of nitrogens with zero attached hydrogens (tertiary/aromatic N) is 3. The van der Waals surface area contributed by atoms with Gasteiger partial charge in [0.1, 0.15) is 11.1 Å². The lowest BCUT2D eigenvalue weighted by molar-refractivity contribution is -0.124. The van der Waals surface area contributed by atoms with Crippen molar-refractivity contribution in [1.82, 2.24) is 15.0 Å². The first-order chi connectivity index (χ1) is 10.6. The van der Waals surface area contributed by atoms with Crippen LogP contribution in [-0.4, -0.2) is 46.7 Å². The summed E-state index contributed by atoms with van der Waals surface area (Å²) in [4.78, 5) is 18.7. The SMILES string of the molecule is Cc1cc(NC(=O)C(C)N2CCOC(c3nccs3)C2)on1. The molecule has 1 amide bonds. The highest BCUT2D eigenvalue weighted by molar-refractivity contribution is 7.09. The van der Waals surface area contributed by atoms with Gasteiger partial charge in [0.15, 0.2) is 0 Å². The van der Waals surface area contributed by atoms with Gasteiger partial charge in [0.05, 0.1) is 18.3 Å². The lowest BCUT2D eigenvalue weighted by Crippen LogP contribution is -2.48. The van der Waals surface area contributed by atoms with E-state index in [1.165, 1.54) is 0 Å². The minimum atomic E-state index is -0.281. The molecule has 3 heterocycles. The number of morpholine rings is 1. The molecular formula is C14H18N4O3S. The van der Waals surface area contributed by atoms with Crippen molar-refractivity contribution >= 4 is 23.1 Å². The van der Waals surface area contributed by atoms with Crippen LogP contribution >= 0.6 is 11.3 Å². The van der Waals surface area contributed by atoms with Gasteiger partial charge in [0.25, 0.3) is 0 Å². The molecule has 1 saturated heterocycles. The highest BCUT2D eigenvalue weighted by Gasteiger charge is 2.30. The van der Waals surface area contributed by atoms with Gasteiger partial charge >= 0.3 is 0 Å². The molecule has 0 bridgehead atoms. The van der Waals surface area contributed by atoms with Crippen LogP contribution in [0.2, 0.25) is 0 Å². The zero-order valence-corrected chi connectivity index (χ0v) is 13.3. The summed E-state index contributed by atoms with van der Waals surface area (Å²) in [6.07, 6.45) is 1.70. The molecule has 0 aromatic carbocycles. The first-order valence-electron chi connectivity index (χ1n) is 7.12. The van der Waals surface area contributed by atoms with E-state index in [4.69, 9.17) is 9.26 Å². The Kier molecular flexibility index (Phi) is 4.51. The zero-order valence-electron chi connectivity index (χ0n) is 12.5. The van der Waals surface area contributed by atoms with E-state index in [0.717, 1.165) is 10.7 Å². The van der Waals surface area contributed by atoms with E-state index in [1.807, 2.05) is 19.2 Å². The van der Waals surface area contributed by atoms with Crippen molar-refractivity contribution in [3.8, 4) is 0 Å². The van der Waals surface area contributed by atoms with Crippen LogP contribution in [-0.2, 0) is 9.53 Å². The second-order valence-corrected chi connectivity index (χ2v) is 6.15. The fraction of sp³-hybridized carbons (Fsp3) is 0.500. The molecule has 1 fully saturated rings. The number of ether oxygens (including phenoxy) is 1. The maximum absolute atomic E-state index is 12.3. The van der Waals surface area contributed by atoms with Gasteiger partial charge in [-0.05, 0) is 13.8 Å². The largest absolute Gasteiger partial charge is 0.368 e. The molecule has 2 aromatic heterocycles. The van der Waals surface area contributed by atoms with Crippen LogP contribution < -0.4 is 5.32 Å². The monoisotopic (exact) mass is 322 g/mol. The maximum atomic E-state index is 12.3. The van der Waals surface area contributed by atoms with Gasteiger partial charge in [-0.2, -0.15) is 0 Å². The molecule has 0 radical (unpaired) electrons. The molecule has 2 atom stereocenters. The Hall–Kier alpha value is -1.77. The second kappa shape index (κ2) is 6.55. The van der Waals surface area contributed by atoms with Crippen LogP contribution in [0.1, 0.15) is 23.7 Å². The number of hydrogen-bond acceptors (Lipinski definition) is 7. The van der Waals surface area contributed by atoms with E-state index in [1.54, 1.807) is 23.6 Å². The molecule has 0 saturated carbocycles. The molecule has 1 aliphatic rings. The standard InChI is InChI=1S/C14H18N4O3S/c1-9-7-12(21-17-9)16-13(19)10(2)18-4-5-20-11(8-18)14-15-3-6-22-14/h3,6-7,10-11H,4-5,8H2,1-2H3,(H,16,19). The molecule has 1 aliphatic heterocycles. The second-order valence-electron chi connectivity index (χ2n) is 5.22. The average molecular weight is 322 g/mol. The lowest BCUT2D eigenvalue weighted by atomic mass is 10.2. The van der Waals surface area contributed by atoms with Crippen LogP contribution in [0.5, 0.6) is 0 Å². The summed E-state index contributed by atoms with van der Waals surface area (Å²) in [5, 5.41) is 9.38. The summed E-state index contributed by atoms with van der Waals surface area (Å²) in [7, 11) is 0. The van der Waals surface area contributed by atoms with Gasteiger partial charge in [-0.25, -0.2) is 4.98 Å². The number of thiazole rings is 1. The number of amides is 1. The Labute approximate surface area is 132 Å². The molecule has 0 spiro atoms. The van der Waals surface area contributed by atoms with Crippen molar-refractivity contribution < 1.29 is 14.1 Å². The van der Waals surface area contributed by atoms with Crippen LogP contribution in [0.25, 0.3) is 0 Å². The maximum Gasteiger partial charge on any atom is 0.243 e. The first-order valence-corrected chi connectivity index (χ1v) is 8.00. The molecule has 1 N–H and O–H groups in total. The Bertz CT molecular complexity index is 628. The zero-order chi connectivity index (χ0) is 15.5. The third kappa shape index (κ3) is 3.34. The molecule has 0 aliphatic carbocycles. The number of carbonyl (C=O) groups excluding carboxylic acids is 1. The van der Waals surface area contributed by atoms with Crippen molar-refractivity contribution in [2.45, 2.75) is 26.0 Å². The van der Waals surface area contributed by atoms with Crippen molar-refractivity contribution in [2.24, 2.45) is 0 Å². The van der Waals surface area contributed by atoms with E-state index in [0.29, 0.717) is 25.6 Å². The van der Waals surface area contributed by atoms with E-state index in [2.05, 4.69) is 20.4 Å². The molecule has 118 valence electrons. The van der Waals surface area contributed by atoms with Gasteiger partial charge in [-0.1, -0.05) is 5.16 Å². The van der Waals surface area contributed by atoms with Gasteiger partial charge in [-0.15, -0.1) is 11.3 Å². The van der Waals surface area contributed by atoms with Crippen molar-refractivity contribution in [1.29, 1.82) is 0 Å². The van der Waals surface area contributed by atoms with Crippen LogP contribution in [0, 0.1) is 6.92 Å². The molecule has 22 heavy (non-hydrogen) atoms. The number of rotatable bonds is 4. The minimum absolute atomic E-state index is 0.0727. The molecule has 3 rings (SSSR count). The molecule has 2 aromatic rings. The third-order valence-corrected chi connectivity index (χ3v) is 4.49. The number of nitrogens with one attached hydrogen (secondary N) is 1. The van der Waals surface area contributed by atoms with Crippen molar-refractivity contribution in [3.05, 3.63) is 28.3 Å².